The van der Waals surface area contributed by atoms with Gasteiger partial charge in [-0.25, -0.2) is 4.98 Å². The molecule has 3 aromatic rings. The van der Waals surface area contributed by atoms with Crippen molar-refractivity contribution in [3.05, 3.63) is 64.0 Å². The lowest BCUT2D eigenvalue weighted by molar-refractivity contribution is -0.384. The molecule has 3 rings (SSSR count). The number of benzene rings is 2. The fourth-order valence-electron chi connectivity index (χ4n) is 2.20. The summed E-state index contributed by atoms with van der Waals surface area (Å²) in [5.74, 6) is 0.493. The highest BCUT2D eigenvalue weighted by molar-refractivity contribution is 5.81. The number of nitro groups is 1. The van der Waals surface area contributed by atoms with Gasteiger partial charge in [-0.05, 0) is 24.3 Å². The van der Waals surface area contributed by atoms with Gasteiger partial charge in [0.1, 0.15) is 11.6 Å². The number of nitro benzene ring substituents is 1. The van der Waals surface area contributed by atoms with Crippen molar-refractivity contribution in [2.75, 3.05) is 0 Å². The van der Waals surface area contributed by atoms with Gasteiger partial charge in [0.15, 0.2) is 0 Å². The Bertz CT molecular complexity index is 922. The fourth-order valence-corrected chi connectivity index (χ4v) is 2.20. The van der Waals surface area contributed by atoms with E-state index in [1.807, 2.05) is 0 Å². The third kappa shape index (κ3) is 3.37. The number of aromatic amines is 1. The second kappa shape index (κ2) is 6.45. The van der Waals surface area contributed by atoms with E-state index in [0.29, 0.717) is 22.4 Å². The largest absolute Gasteiger partial charge is 0.434 e. The number of hydrogen-bond acceptors (Lipinski definition) is 4. The van der Waals surface area contributed by atoms with E-state index in [1.54, 1.807) is 30.4 Å². The van der Waals surface area contributed by atoms with Crippen molar-refractivity contribution in [2.24, 2.45) is 0 Å². The van der Waals surface area contributed by atoms with Gasteiger partial charge in [-0.3, -0.25) is 10.1 Å². The van der Waals surface area contributed by atoms with Crippen molar-refractivity contribution in [3.8, 4) is 5.75 Å². The summed E-state index contributed by atoms with van der Waals surface area (Å²) in [5, 5.41) is 10.8. The van der Waals surface area contributed by atoms with Crippen molar-refractivity contribution < 1.29 is 18.4 Å². The predicted molar refractivity (Wildman–Crippen MR) is 84.8 cm³/mol. The zero-order valence-corrected chi connectivity index (χ0v) is 12.1. The van der Waals surface area contributed by atoms with Crippen LogP contribution in [0.25, 0.3) is 23.2 Å². The summed E-state index contributed by atoms with van der Waals surface area (Å²) in [6.45, 7) is -2.91. The number of H-pyrrole nitrogens is 1. The van der Waals surface area contributed by atoms with E-state index in [-0.39, 0.29) is 11.4 Å². The number of hydrogen-bond donors (Lipinski definition) is 1. The first-order chi connectivity index (χ1) is 11.5. The van der Waals surface area contributed by atoms with Crippen molar-refractivity contribution in [2.45, 2.75) is 6.61 Å². The van der Waals surface area contributed by atoms with Crippen molar-refractivity contribution >= 4 is 28.9 Å². The number of nitrogens with one attached hydrogen (secondary N) is 1. The first kappa shape index (κ1) is 15.6. The van der Waals surface area contributed by atoms with Crippen molar-refractivity contribution in [3.63, 3.8) is 0 Å². The Morgan fingerprint density at radius 2 is 2.00 bits per heavy atom. The first-order valence-corrected chi connectivity index (χ1v) is 6.89. The van der Waals surface area contributed by atoms with Crippen LogP contribution in [0.5, 0.6) is 5.75 Å². The standard InChI is InChI=1S/C16H11F2N3O3/c17-16(18)24-14-4-2-1-3-10(14)5-8-15-19-12-7-6-11(21(22)23)9-13(12)20-15/h1-9,16H,(H,19,20)/b8-5+. The average molecular weight is 331 g/mol. The molecule has 24 heavy (non-hydrogen) atoms. The van der Waals surface area contributed by atoms with Gasteiger partial charge in [-0.1, -0.05) is 18.2 Å². The molecule has 8 heteroatoms. The van der Waals surface area contributed by atoms with Crippen LogP contribution in [-0.2, 0) is 0 Å². The Balaban J connectivity index is 1.89. The molecule has 0 aliphatic heterocycles. The van der Waals surface area contributed by atoms with Gasteiger partial charge in [0.25, 0.3) is 5.69 Å². The average Bonchev–Trinajstić information content (AvgIpc) is 2.95. The normalized spacial score (nSPS) is 11.5. The molecule has 0 bridgehead atoms. The molecule has 1 N–H and O–H groups in total. The molecule has 0 unspecified atom stereocenters. The maximum Gasteiger partial charge on any atom is 0.387 e. The Labute approximate surface area is 134 Å². The van der Waals surface area contributed by atoms with Gasteiger partial charge in [0, 0.05) is 17.7 Å². The Hall–Kier alpha value is -3.29. The molecule has 0 radical (unpaired) electrons. The van der Waals surface area contributed by atoms with Crippen LogP contribution >= 0.6 is 0 Å². The quantitative estimate of drug-likeness (QED) is 0.560. The second-order valence-corrected chi connectivity index (χ2v) is 4.83. The lowest BCUT2D eigenvalue weighted by Gasteiger charge is -2.06. The number of aromatic nitrogens is 2. The van der Waals surface area contributed by atoms with Crippen molar-refractivity contribution in [1.82, 2.24) is 9.97 Å². The van der Waals surface area contributed by atoms with E-state index in [4.69, 9.17) is 0 Å². The van der Waals surface area contributed by atoms with E-state index >= 15 is 0 Å². The molecule has 1 aromatic heterocycles. The maximum atomic E-state index is 12.4. The molecule has 0 atom stereocenters. The number of nitrogens with zero attached hydrogens (tertiary/aromatic N) is 2. The third-order valence-electron chi connectivity index (χ3n) is 3.25. The molecule has 0 saturated carbocycles. The monoisotopic (exact) mass is 331 g/mol. The molecule has 1 heterocycles. The molecule has 6 nitrogen and oxygen atoms in total. The first-order valence-electron chi connectivity index (χ1n) is 6.89. The minimum atomic E-state index is -2.91. The molecule has 0 amide bonds. The number of para-hydroxylation sites is 1. The van der Waals surface area contributed by atoms with E-state index in [9.17, 15) is 18.9 Å². The van der Waals surface area contributed by atoms with E-state index in [2.05, 4.69) is 14.7 Å². The summed E-state index contributed by atoms with van der Waals surface area (Å²) in [6, 6.07) is 10.6. The van der Waals surface area contributed by atoms with Crippen LogP contribution in [0.15, 0.2) is 42.5 Å². The van der Waals surface area contributed by atoms with Crippen LogP contribution in [0.3, 0.4) is 0 Å². The fraction of sp³-hybridized carbons (Fsp3) is 0.0625. The molecule has 0 spiro atoms. The van der Waals surface area contributed by atoms with E-state index in [0.717, 1.165) is 0 Å². The third-order valence-corrected chi connectivity index (χ3v) is 3.25. The zero-order chi connectivity index (χ0) is 17.1. The smallest absolute Gasteiger partial charge is 0.387 e. The molecular formula is C16H11F2N3O3. The highest BCUT2D eigenvalue weighted by Gasteiger charge is 2.09. The molecule has 0 saturated heterocycles. The summed E-state index contributed by atoms with van der Waals surface area (Å²) in [5.41, 5.74) is 1.50. The Morgan fingerprint density at radius 1 is 1.21 bits per heavy atom. The Morgan fingerprint density at radius 3 is 2.75 bits per heavy atom. The molecule has 2 aromatic carbocycles. The van der Waals surface area contributed by atoms with Crippen LogP contribution in [0, 0.1) is 10.1 Å². The number of fused-ring (bicyclic) bond motifs is 1. The molecule has 0 fully saturated rings. The van der Waals surface area contributed by atoms with Gasteiger partial charge < -0.3 is 9.72 Å². The highest BCUT2D eigenvalue weighted by atomic mass is 19.3. The number of alkyl halides is 2. The summed E-state index contributed by atoms with van der Waals surface area (Å²) in [7, 11) is 0. The lowest BCUT2D eigenvalue weighted by Crippen LogP contribution is -2.02. The number of rotatable bonds is 5. The van der Waals surface area contributed by atoms with Crippen molar-refractivity contribution in [1.29, 1.82) is 0 Å². The molecule has 0 aliphatic carbocycles. The number of non-ortho nitro benzene ring substituents is 1. The van der Waals surface area contributed by atoms with E-state index in [1.165, 1.54) is 24.3 Å². The topological polar surface area (TPSA) is 81.1 Å². The van der Waals surface area contributed by atoms with Gasteiger partial charge in [0.05, 0.1) is 16.0 Å². The summed E-state index contributed by atoms with van der Waals surface area (Å²) < 4.78 is 29.2. The molecular weight excluding hydrogens is 320 g/mol. The summed E-state index contributed by atoms with van der Waals surface area (Å²) in [4.78, 5) is 17.5. The van der Waals surface area contributed by atoms with Gasteiger partial charge in [-0.2, -0.15) is 8.78 Å². The summed E-state index contributed by atoms with van der Waals surface area (Å²) in [6.07, 6.45) is 3.16. The van der Waals surface area contributed by atoms with Crippen LogP contribution in [-0.4, -0.2) is 21.5 Å². The van der Waals surface area contributed by atoms with Crippen LogP contribution in [0.4, 0.5) is 14.5 Å². The summed E-state index contributed by atoms with van der Waals surface area (Å²) >= 11 is 0. The molecule has 0 aliphatic rings. The Kier molecular flexibility index (Phi) is 4.19. The highest BCUT2D eigenvalue weighted by Crippen LogP contribution is 2.23. The van der Waals surface area contributed by atoms with Crippen LogP contribution in [0.2, 0.25) is 0 Å². The van der Waals surface area contributed by atoms with Gasteiger partial charge in [0.2, 0.25) is 0 Å². The van der Waals surface area contributed by atoms with Crippen LogP contribution in [0.1, 0.15) is 11.4 Å². The van der Waals surface area contributed by atoms with Gasteiger partial charge in [-0.15, -0.1) is 0 Å². The SMILES string of the molecule is O=[N+]([O-])c1ccc2nc(/C=C/c3ccccc3OC(F)F)[nH]c2c1. The van der Waals surface area contributed by atoms with E-state index < -0.39 is 11.5 Å². The molecule has 122 valence electrons. The lowest BCUT2D eigenvalue weighted by atomic mass is 10.2. The zero-order valence-electron chi connectivity index (χ0n) is 12.1. The minimum absolute atomic E-state index is 0.0441. The number of halogens is 2. The number of ether oxygens (including phenoxy) is 1. The second-order valence-electron chi connectivity index (χ2n) is 4.83. The number of imidazole rings is 1. The van der Waals surface area contributed by atoms with Gasteiger partial charge >= 0.3 is 6.61 Å². The predicted octanol–water partition coefficient (Wildman–Crippen LogP) is 4.24. The van der Waals surface area contributed by atoms with Crippen LogP contribution < -0.4 is 4.74 Å². The maximum absolute atomic E-state index is 12.4. The minimum Gasteiger partial charge on any atom is -0.434 e.